The van der Waals surface area contributed by atoms with Crippen molar-refractivity contribution >= 4 is 23.2 Å². The molecule has 4 rings (SSSR count). The first-order valence-corrected chi connectivity index (χ1v) is 11.1. The number of aromatic nitrogens is 1. The largest absolute Gasteiger partial charge is 0.481 e. The lowest BCUT2D eigenvalue weighted by atomic mass is 9.81. The van der Waals surface area contributed by atoms with Crippen LogP contribution in [0.3, 0.4) is 0 Å². The summed E-state index contributed by atoms with van der Waals surface area (Å²) in [6, 6.07) is 0.156. The second kappa shape index (κ2) is 8.27. The molecule has 1 aromatic heterocycles. The Balaban J connectivity index is 1.25. The van der Waals surface area contributed by atoms with E-state index in [2.05, 4.69) is 10.6 Å². The highest BCUT2D eigenvalue weighted by Gasteiger charge is 2.32. The van der Waals surface area contributed by atoms with Crippen molar-refractivity contribution in [1.82, 2.24) is 15.6 Å². The molecule has 0 saturated heterocycles. The van der Waals surface area contributed by atoms with Crippen molar-refractivity contribution in [3.63, 3.8) is 0 Å². The van der Waals surface area contributed by atoms with Crippen LogP contribution in [0.4, 0.5) is 0 Å². The molecule has 6 nitrogen and oxygen atoms in total. The summed E-state index contributed by atoms with van der Waals surface area (Å²) in [5.41, 5.74) is 1.28. The van der Waals surface area contributed by atoms with Gasteiger partial charge in [-0.3, -0.25) is 9.59 Å². The summed E-state index contributed by atoms with van der Waals surface area (Å²) in [5, 5.41) is 17.0. The Kier molecular flexibility index (Phi) is 5.78. The second-order valence-corrected chi connectivity index (χ2v) is 9.41. The van der Waals surface area contributed by atoms with E-state index < -0.39 is 5.97 Å². The predicted octanol–water partition coefficient (Wildman–Crippen LogP) is 2.82. The van der Waals surface area contributed by atoms with E-state index in [1.807, 2.05) is 11.3 Å². The maximum absolute atomic E-state index is 12.6. The van der Waals surface area contributed by atoms with Gasteiger partial charge in [0.25, 0.3) is 0 Å². The molecule has 0 spiro atoms. The molecule has 0 atom stereocenters. The first-order valence-electron chi connectivity index (χ1n) is 10.3. The third kappa shape index (κ3) is 4.35. The lowest BCUT2D eigenvalue weighted by Crippen LogP contribution is -2.42. The molecule has 2 aliphatic carbocycles. The maximum atomic E-state index is 12.6. The number of hydrogen-bond acceptors (Lipinski definition) is 5. The molecule has 1 aromatic rings. The molecule has 27 heavy (non-hydrogen) atoms. The fourth-order valence-electron chi connectivity index (χ4n) is 4.73. The summed E-state index contributed by atoms with van der Waals surface area (Å²) in [6.45, 7) is 1.98. The first kappa shape index (κ1) is 18.9. The van der Waals surface area contributed by atoms with Crippen molar-refractivity contribution in [2.45, 2.75) is 76.3 Å². The number of thiazole rings is 1. The highest BCUT2D eigenvalue weighted by molar-refractivity contribution is 7.11. The van der Waals surface area contributed by atoms with Crippen LogP contribution in [0.5, 0.6) is 0 Å². The van der Waals surface area contributed by atoms with Gasteiger partial charge in [-0.25, -0.2) is 4.98 Å². The van der Waals surface area contributed by atoms with Crippen LogP contribution >= 0.6 is 11.3 Å². The van der Waals surface area contributed by atoms with Gasteiger partial charge >= 0.3 is 5.97 Å². The van der Waals surface area contributed by atoms with E-state index in [0.717, 1.165) is 58.0 Å². The van der Waals surface area contributed by atoms with Crippen LogP contribution in [-0.2, 0) is 22.6 Å². The fourth-order valence-corrected chi connectivity index (χ4v) is 5.98. The minimum Gasteiger partial charge on any atom is -0.481 e. The predicted molar refractivity (Wildman–Crippen MR) is 104 cm³/mol. The average Bonchev–Trinajstić information content (AvgIpc) is 3.13. The Morgan fingerprint density at radius 1 is 1.04 bits per heavy atom. The molecule has 2 fully saturated rings. The lowest BCUT2D eigenvalue weighted by Gasteiger charge is -2.31. The van der Waals surface area contributed by atoms with Crippen molar-refractivity contribution in [1.29, 1.82) is 0 Å². The van der Waals surface area contributed by atoms with E-state index in [1.165, 1.54) is 15.6 Å². The van der Waals surface area contributed by atoms with Crippen LogP contribution in [0.15, 0.2) is 0 Å². The van der Waals surface area contributed by atoms with Crippen molar-refractivity contribution in [2.24, 2.45) is 11.8 Å². The zero-order chi connectivity index (χ0) is 18.8. The number of aliphatic carboxylic acids is 1. The lowest BCUT2D eigenvalue weighted by molar-refractivity contribution is -0.142. The Hall–Kier alpha value is -1.47. The minimum atomic E-state index is -0.697. The van der Waals surface area contributed by atoms with Gasteiger partial charge in [0, 0.05) is 42.3 Å². The average molecular weight is 392 g/mol. The summed E-state index contributed by atoms with van der Waals surface area (Å²) < 4.78 is 0. The van der Waals surface area contributed by atoms with Crippen LogP contribution < -0.4 is 10.6 Å². The van der Waals surface area contributed by atoms with Gasteiger partial charge in [-0.2, -0.15) is 0 Å². The topological polar surface area (TPSA) is 91.3 Å². The van der Waals surface area contributed by atoms with Crippen LogP contribution in [0.25, 0.3) is 0 Å². The number of carboxylic acids is 1. The Labute approximate surface area is 164 Å². The Morgan fingerprint density at radius 3 is 2.41 bits per heavy atom. The number of amides is 1. The van der Waals surface area contributed by atoms with Gasteiger partial charge in [0.2, 0.25) is 5.91 Å². The van der Waals surface area contributed by atoms with E-state index in [0.29, 0.717) is 18.8 Å². The quantitative estimate of drug-likeness (QED) is 0.734. The monoisotopic (exact) mass is 391 g/mol. The molecule has 0 unspecified atom stereocenters. The summed E-state index contributed by atoms with van der Waals surface area (Å²) in [7, 11) is 0. The molecule has 1 amide bonds. The van der Waals surface area contributed by atoms with Crippen molar-refractivity contribution < 1.29 is 14.7 Å². The van der Waals surface area contributed by atoms with Gasteiger partial charge in [0.15, 0.2) is 0 Å². The molecule has 3 N–H and O–H groups in total. The minimum absolute atomic E-state index is 0.106. The van der Waals surface area contributed by atoms with E-state index in [9.17, 15) is 9.59 Å². The van der Waals surface area contributed by atoms with E-state index in [1.54, 1.807) is 0 Å². The van der Waals surface area contributed by atoms with Crippen molar-refractivity contribution in [3.8, 4) is 0 Å². The molecule has 2 saturated carbocycles. The molecule has 3 aliphatic rings. The first-order chi connectivity index (χ1) is 13.1. The molecule has 2 heterocycles. The van der Waals surface area contributed by atoms with Crippen molar-refractivity contribution in [3.05, 3.63) is 15.6 Å². The van der Waals surface area contributed by atoms with Crippen LogP contribution in [0, 0.1) is 11.8 Å². The summed E-state index contributed by atoms with van der Waals surface area (Å²) in [4.78, 5) is 30.0. The highest BCUT2D eigenvalue weighted by atomic mass is 32.1. The number of nitrogens with zero attached hydrogens (tertiary/aromatic N) is 1. The van der Waals surface area contributed by atoms with E-state index in [4.69, 9.17) is 10.1 Å². The normalized spacial score (nSPS) is 31.1. The van der Waals surface area contributed by atoms with E-state index >= 15 is 0 Å². The van der Waals surface area contributed by atoms with Gasteiger partial charge in [-0.1, -0.05) is 0 Å². The number of nitrogens with one attached hydrogen (secondary N) is 2. The summed E-state index contributed by atoms with van der Waals surface area (Å²) in [5.74, 6) is -0.133. The molecular weight excluding hydrogens is 362 g/mol. The number of carbonyl (C=O) groups is 2. The molecule has 7 heteroatoms. The standard InChI is InChI=1S/C20H29N3O3S/c24-18(22-15-7-5-14(6-8-15)20(25)26)12-1-3-13(4-2-12)19-23-16-9-10-21-11-17(16)27-19/h12-15,21H,1-11H2,(H,22,24)(H,25,26)/t12?,13?,14-,15-. The molecule has 1 aliphatic heterocycles. The molecule has 0 bridgehead atoms. The number of rotatable bonds is 4. The zero-order valence-corrected chi connectivity index (χ0v) is 16.5. The molecule has 0 radical (unpaired) electrons. The molecule has 148 valence electrons. The SMILES string of the molecule is O=C(N[C@H]1CC[C@H](C(=O)O)CC1)C1CCC(c2nc3c(s2)CNCC3)CC1. The number of fused-ring (bicyclic) bond motifs is 1. The van der Waals surface area contributed by atoms with Crippen LogP contribution in [-0.4, -0.2) is 34.6 Å². The van der Waals surface area contributed by atoms with Gasteiger partial charge in [-0.15, -0.1) is 11.3 Å². The summed E-state index contributed by atoms with van der Waals surface area (Å²) in [6.07, 6.45) is 7.93. The van der Waals surface area contributed by atoms with Gasteiger partial charge in [0.05, 0.1) is 16.6 Å². The third-order valence-electron chi connectivity index (χ3n) is 6.49. The molecule has 0 aromatic carbocycles. The third-order valence-corrected chi connectivity index (χ3v) is 7.75. The van der Waals surface area contributed by atoms with Crippen LogP contribution in [0.2, 0.25) is 0 Å². The van der Waals surface area contributed by atoms with Gasteiger partial charge in [-0.05, 0) is 51.4 Å². The Bertz CT molecular complexity index is 665. The number of hydrogen-bond donors (Lipinski definition) is 3. The summed E-state index contributed by atoms with van der Waals surface area (Å²) >= 11 is 1.86. The number of carboxylic acid groups (broad SMARTS) is 1. The van der Waals surface area contributed by atoms with Crippen LogP contribution in [0.1, 0.15) is 72.9 Å². The van der Waals surface area contributed by atoms with E-state index in [-0.39, 0.29) is 23.8 Å². The second-order valence-electron chi connectivity index (χ2n) is 8.29. The van der Waals surface area contributed by atoms with Crippen molar-refractivity contribution in [2.75, 3.05) is 6.54 Å². The smallest absolute Gasteiger partial charge is 0.306 e. The maximum Gasteiger partial charge on any atom is 0.306 e. The fraction of sp³-hybridized carbons (Fsp3) is 0.750. The Morgan fingerprint density at radius 2 is 1.74 bits per heavy atom. The highest BCUT2D eigenvalue weighted by Crippen LogP contribution is 2.39. The van der Waals surface area contributed by atoms with Gasteiger partial charge in [0.1, 0.15) is 0 Å². The number of carbonyl (C=O) groups excluding carboxylic acids is 1. The molecular formula is C20H29N3O3S. The zero-order valence-electron chi connectivity index (χ0n) is 15.7. The van der Waals surface area contributed by atoms with Gasteiger partial charge < -0.3 is 15.7 Å².